The van der Waals surface area contributed by atoms with Crippen LogP contribution in [0.3, 0.4) is 0 Å². The molecule has 0 unspecified atom stereocenters. The molecule has 2 heteroatoms. The average Bonchev–Trinajstić information content (AvgIpc) is 2.94. The summed E-state index contributed by atoms with van der Waals surface area (Å²) in [4.78, 5) is 0. The molecule has 0 aromatic heterocycles. The van der Waals surface area contributed by atoms with E-state index < -0.39 is 7.26 Å². The second-order valence-electron chi connectivity index (χ2n) is 10.4. The number of hydrogen-bond acceptors (Lipinski definition) is 0. The van der Waals surface area contributed by atoms with Crippen molar-refractivity contribution in [2.45, 2.75) is 84.5 Å². The van der Waals surface area contributed by atoms with Gasteiger partial charge in [0.1, 0.15) is 23.2 Å². The molecule has 0 saturated carbocycles. The van der Waals surface area contributed by atoms with Crippen LogP contribution in [0, 0.1) is 5.92 Å². The van der Waals surface area contributed by atoms with E-state index in [1.54, 1.807) is 0 Å². The van der Waals surface area contributed by atoms with E-state index in [4.69, 9.17) is 0 Å². The predicted molar refractivity (Wildman–Crippen MR) is 165 cm³/mol. The highest BCUT2D eigenvalue weighted by atomic mass is 127. The minimum atomic E-state index is -1.67. The molecule has 0 aliphatic rings. The van der Waals surface area contributed by atoms with Gasteiger partial charge < -0.3 is 24.0 Å². The Morgan fingerprint density at radius 1 is 0.568 bits per heavy atom. The Morgan fingerprint density at radius 2 is 1.00 bits per heavy atom. The number of hydrogen-bond donors (Lipinski definition) is 0. The Hall–Kier alpha value is -1.44. The van der Waals surface area contributed by atoms with E-state index in [0.29, 0.717) is 0 Å². The molecule has 3 aromatic carbocycles. The number of allylic oxidation sites excluding steroid dienone is 2. The van der Waals surface area contributed by atoms with Crippen LogP contribution in [0.15, 0.2) is 103 Å². The van der Waals surface area contributed by atoms with E-state index in [1.807, 2.05) is 0 Å². The van der Waals surface area contributed by atoms with Crippen LogP contribution in [0.1, 0.15) is 84.5 Å². The van der Waals surface area contributed by atoms with Gasteiger partial charge in [-0.05, 0) is 80.8 Å². The summed E-state index contributed by atoms with van der Waals surface area (Å²) in [5, 5.41) is 4.54. The molecule has 0 radical (unpaired) electrons. The molecule has 0 bridgehead atoms. The van der Waals surface area contributed by atoms with Gasteiger partial charge in [0.15, 0.2) is 0 Å². The molecular formula is C35H48IP. The van der Waals surface area contributed by atoms with Crippen molar-refractivity contribution in [1.82, 2.24) is 0 Å². The lowest BCUT2D eigenvalue weighted by molar-refractivity contribution is -0.00000746. The van der Waals surface area contributed by atoms with Gasteiger partial charge in [-0.25, -0.2) is 0 Å². The average molecular weight is 627 g/mol. The maximum absolute atomic E-state index is 2.47. The van der Waals surface area contributed by atoms with Crippen LogP contribution in [0.25, 0.3) is 0 Å². The first kappa shape index (κ1) is 31.8. The topological polar surface area (TPSA) is 0 Å². The lowest BCUT2D eigenvalue weighted by atomic mass is 9.98. The summed E-state index contributed by atoms with van der Waals surface area (Å²) in [7, 11) is -1.67. The van der Waals surface area contributed by atoms with Crippen molar-refractivity contribution in [3.05, 3.63) is 103 Å². The predicted octanol–water partition coefficient (Wildman–Crippen LogP) is 6.49. The van der Waals surface area contributed by atoms with Crippen molar-refractivity contribution in [3.63, 3.8) is 0 Å². The Bertz CT molecular complexity index is 871. The Labute approximate surface area is 245 Å². The quantitative estimate of drug-likeness (QED) is 0.0696. The van der Waals surface area contributed by atoms with Crippen molar-refractivity contribution in [2.75, 3.05) is 6.16 Å². The molecule has 0 N–H and O–H groups in total. The van der Waals surface area contributed by atoms with Crippen LogP contribution >= 0.6 is 7.26 Å². The van der Waals surface area contributed by atoms with Crippen molar-refractivity contribution >= 4 is 23.2 Å². The molecule has 0 fully saturated rings. The molecule has 3 rings (SSSR count). The first-order chi connectivity index (χ1) is 17.8. The van der Waals surface area contributed by atoms with Crippen molar-refractivity contribution < 1.29 is 24.0 Å². The summed E-state index contributed by atoms with van der Waals surface area (Å²) >= 11 is 0. The first-order valence-corrected chi connectivity index (χ1v) is 16.4. The van der Waals surface area contributed by atoms with Gasteiger partial charge in [-0.3, -0.25) is 0 Å². The fourth-order valence-electron chi connectivity index (χ4n) is 5.38. The lowest BCUT2D eigenvalue weighted by Gasteiger charge is -2.28. The monoisotopic (exact) mass is 626 g/mol. The number of halogens is 1. The highest BCUT2D eigenvalue weighted by Gasteiger charge is 2.44. The van der Waals surface area contributed by atoms with Crippen LogP contribution in [-0.4, -0.2) is 6.16 Å². The van der Waals surface area contributed by atoms with E-state index in [-0.39, 0.29) is 24.0 Å². The Balaban J connectivity index is 0.00000481. The van der Waals surface area contributed by atoms with Crippen molar-refractivity contribution in [3.8, 4) is 0 Å². The van der Waals surface area contributed by atoms with Gasteiger partial charge in [0.25, 0.3) is 0 Å². The third-order valence-corrected chi connectivity index (χ3v) is 12.0. The van der Waals surface area contributed by atoms with Gasteiger partial charge in [-0.2, -0.15) is 0 Å². The van der Waals surface area contributed by atoms with Gasteiger partial charge in [0.05, 0.1) is 6.16 Å². The van der Waals surface area contributed by atoms with Crippen molar-refractivity contribution in [2.24, 2.45) is 5.92 Å². The summed E-state index contributed by atoms with van der Waals surface area (Å²) in [5.74, 6) is 0.804. The van der Waals surface area contributed by atoms with Gasteiger partial charge >= 0.3 is 0 Å². The summed E-state index contributed by atoms with van der Waals surface area (Å²) in [6.07, 6.45) is 20.7. The molecule has 0 aliphatic carbocycles. The molecule has 37 heavy (non-hydrogen) atoms. The van der Waals surface area contributed by atoms with Gasteiger partial charge in [0.2, 0.25) is 0 Å². The molecule has 0 saturated heterocycles. The van der Waals surface area contributed by atoms with E-state index in [1.165, 1.54) is 92.7 Å². The summed E-state index contributed by atoms with van der Waals surface area (Å²) in [5.41, 5.74) is 0. The van der Waals surface area contributed by atoms with Crippen LogP contribution in [-0.2, 0) is 0 Å². The van der Waals surface area contributed by atoms with Crippen LogP contribution in [0.5, 0.6) is 0 Å². The highest BCUT2D eigenvalue weighted by Crippen LogP contribution is 2.56. The van der Waals surface area contributed by atoms with Gasteiger partial charge in [0, 0.05) is 0 Å². The van der Waals surface area contributed by atoms with E-state index >= 15 is 0 Å². The minimum absolute atomic E-state index is 0. The molecular weight excluding hydrogens is 578 g/mol. The lowest BCUT2D eigenvalue weighted by Crippen LogP contribution is -3.00. The summed E-state index contributed by atoms with van der Waals surface area (Å²) in [6, 6.07) is 34.0. The molecule has 0 nitrogen and oxygen atoms in total. The van der Waals surface area contributed by atoms with Gasteiger partial charge in [-0.15, -0.1) is 0 Å². The zero-order valence-corrected chi connectivity index (χ0v) is 26.3. The van der Waals surface area contributed by atoms with Gasteiger partial charge in [-0.1, -0.05) is 113 Å². The van der Waals surface area contributed by atoms with Crippen LogP contribution in [0.4, 0.5) is 0 Å². The zero-order valence-electron chi connectivity index (χ0n) is 23.2. The van der Waals surface area contributed by atoms with E-state index in [2.05, 4.69) is 117 Å². The minimum Gasteiger partial charge on any atom is -1.00 e. The maximum atomic E-state index is 2.47. The number of rotatable bonds is 17. The third kappa shape index (κ3) is 10.3. The maximum Gasteiger partial charge on any atom is 0.112 e. The van der Waals surface area contributed by atoms with E-state index in [0.717, 1.165) is 5.92 Å². The highest BCUT2D eigenvalue weighted by molar-refractivity contribution is 7.95. The molecule has 0 heterocycles. The van der Waals surface area contributed by atoms with E-state index in [9.17, 15) is 0 Å². The normalized spacial score (nSPS) is 12.4. The van der Waals surface area contributed by atoms with Crippen LogP contribution in [0.2, 0.25) is 0 Å². The molecule has 0 aliphatic heterocycles. The third-order valence-electron chi connectivity index (χ3n) is 7.49. The second-order valence-corrected chi connectivity index (χ2v) is 14.0. The standard InChI is InChI=1S/C35H48P.HI/c1-3-4-5-6-7-8-9-10-11-15-23-32(2)24-22-31-36(33-25-16-12-17-26-33,34-27-18-13-19-28-34)35-29-20-14-21-30-35;/h7-8,12-14,16-21,25-30,32H,3-6,9-11,15,22-24,31H2,1-2H3;1H/q+1;/p-1/b8-7+;/t32-;/m0./s1. The largest absolute Gasteiger partial charge is 1.00 e. The number of unbranched alkanes of at least 4 members (excludes halogenated alkanes) is 6. The smallest absolute Gasteiger partial charge is 0.112 e. The molecule has 1 atom stereocenters. The molecule has 3 aromatic rings. The Morgan fingerprint density at radius 3 is 1.46 bits per heavy atom. The summed E-state index contributed by atoms with van der Waals surface area (Å²) < 4.78 is 0. The molecule has 0 spiro atoms. The second kappa shape index (κ2) is 18.8. The SMILES string of the molecule is CCCCC/C=C/CCCCC[C@H](C)CCC[P+](c1ccccc1)(c1ccccc1)c1ccccc1.[I-]. The molecule has 0 amide bonds. The summed E-state index contributed by atoms with van der Waals surface area (Å²) in [6.45, 7) is 4.75. The Kier molecular flexibility index (Phi) is 16.1. The number of benzene rings is 3. The molecule has 200 valence electrons. The first-order valence-electron chi connectivity index (χ1n) is 14.5. The van der Waals surface area contributed by atoms with Crippen LogP contribution < -0.4 is 39.9 Å². The fourth-order valence-corrected chi connectivity index (χ4v) is 9.75. The zero-order chi connectivity index (χ0) is 25.3. The fraction of sp³-hybridized carbons (Fsp3) is 0.429. The van der Waals surface area contributed by atoms with Crippen molar-refractivity contribution in [1.29, 1.82) is 0 Å².